The van der Waals surface area contributed by atoms with E-state index in [1.165, 1.54) is 5.56 Å². The Kier molecular flexibility index (Phi) is 4.86. The smallest absolute Gasteiger partial charge is 0.177 e. The van der Waals surface area contributed by atoms with Crippen LogP contribution in [0.3, 0.4) is 0 Å². The number of nitriles is 1. The number of hydrogen-bond acceptors (Lipinski definition) is 5. The second-order valence-corrected chi connectivity index (χ2v) is 8.66. The first-order valence-electron chi connectivity index (χ1n) is 9.88. The number of benzene rings is 1. The summed E-state index contributed by atoms with van der Waals surface area (Å²) in [6.07, 6.45) is 2.11. The van der Waals surface area contributed by atoms with Gasteiger partial charge in [0.1, 0.15) is 0 Å². The summed E-state index contributed by atoms with van der Waals surface area (Å²) >= 11 is 0. The summed E-state index contributed by atoms with van der Waals surface area (Å²) in [5.74, 6) is 1.37. The molecule has 1 aromatic carbocycles. The number of fused-ring (bicyclic) bond motifs is 1. The van der Waals surface area contributed by atoms with Crippen LogP contribution in [0.5, 0.6) is 0 Å². The van der Waals surface area contributed by atoms with E-state index in [9.17, 15) is 0 Å². The fourth-order valence-electron chi connectivity index (χ4n) is 3.75. The highest BCUT2D eigenvalue weighted by atomic mass is 15.4. The summed E-state index contributed by atoms with van der Waals surface area (Å²) in [5.41, 5.74) is 3.84. The Hall–Kier alpha value is -2.78. The molecule has 0 amide bonds. The van der Waals surface area contributed by atoms with E-state index in [-0.39, 0.29) is 5.41 Å². The third-order valence-electron chi connectivity index (χ3n) is 5.50. The van der Waals surface area contributed by atoms with Crippen molar-refractivity contribution in [1.29, 1.82) is 5.26 Å². The van der Waals surface area contributed by atoms with Crippen LogP contribution in [0.4, 0.5) is 0 Å². The van der Waals surface area contributed by atoms with Gasteiger partial charge in [-0.05, 0) is 55.8 Å². The van der Waals surface area contributed by atoms with E-state index < -0.39 is 0 Å². The molecule has 28 heavy (non-hydrogen) atoms. The molecule has 1 aliphatic rings. The van der Waals surface area contributed by atoms with Crippen molar-refractivity contribution >= 4 is 5.65 Å². The third-order valence-corrected chi connectivity index (χ3v) is 5.50. The van der Waals surface area contributed by atoms with Crippen molar-refractivity contribution in [3.05, 3.63) is 59.0 Å². The van der Waals surface area contributed by atoms with Crippen LogP contribution in [0.25, 0.3) is 5.65 Å². The van der Waals surface area contributed by atoms with E-state index >= 15 is 0 Å². The lowest BCUT2D eigenvalue weighted by Gasteiger charge is -2.31. The molecule has 6 heteroatoms. The summed E-state index contributed by atoms with van der Waals surface area (Å²) in [6.45, 7) is 9.50. The number of piperidine rings is 1. The summed E-state index contributed by atoms with van der Waals surface area (Å²) in [6, 6.07) is 14.1. The summed E-state index contributed by atoms with van der Waals surface area (Å²) in [5, 5.41) is 22.6. The number of hydrogen-bond donors (Lipinski definition) is 0. The van der Waals surface area contributed by atoms with Gasteiger partial charge in [0.2, 0.25) is 0 Å². The van der Waals surface area contributed by atoms with Gasteiger partial charge in [-0.3, -0.25) is 4.90 Å². The normalized spacial score (nSPS) is 16.4. The lowest BCUT2D eigenvalue weighted by Crippen LogP contribution is -2.33. The van der Waals surface area contributed by atoms with Crippen molar-refractivity contribution in [2.75, 3.05) is 13.1 Å². The van der Waals surface area contributed by atoms with E-state index in [1.807, 2.05) is 28.8 Å². The zero-order chi connectivity index (χ0) is 19.7. The first kappa shape index (κ1) is 18.6. The number of aromatic nitrogens is 4. The average Bonchev–Trinajstić information content (AvgIpc) is 3.12. The van der Waals surface area contributed by atoms with Crippen molar-refractivity contribution in [2.24, 2.45) is 0 Å². The van der Waals surface area contributed by atoms with Crippen LogP contribution in [0.15, 0.2) is 36.4 Å². The molecule has 0 N–H and O–H groups in total. The van der Waals surface area contributed by atoms with E-state index in [0.717, 1.165) is 49.6 Å². The molecule has 1 saturated heterocycles. The molecular formula is C22H26N6. The van der Waals surface area contributed by atoms with Crippen molar-refractivity contribution in [3.63, 3.8) is 0 Å². The Morgan fingerprint density at radius 2 is 1.75 bits per heavy atom. The predicted octanol–water partition coefficient (Wildman–Crippen LogP) is 3.67. The monoisotopic (exact) mass is 374 g/mol. The molecule has 0 saturated carbocycles. The van der Waals surface area contributed by atoms with Crippen molar-refractivity contribution in [2.45, 2.75) is 51.5 Å². The fourth-order valence-corrected chi connectivity index (χ4v) is 3.75. The van der Waals surface area contributed by atoms with Crippen molar-refractivity contribution < 1.29 is 0 Å². The van der Waals surface area contributed by atoms with Crippen molar-refractivity contribution in [1.82, 2.24) is 24.7 Å². The van der Waals surface area contributed by atoms with Gasteiger partial charge in [-0.25, -0.2) is 0 Å². The second-order valence-electron chi connectivity index (χ2n) is 8.66. The zero-order valence-corrected chi connectivity index (χ0v) is 16.8. The Bertz CT molecular complexity index is 998. The number of rotatable bonds is 3. The molecular weight excluding hydrogens is 348 g/mol. The Balaban J connectivity index is 1.45. The Morgan fingerprint density at radius 3 is 2.39 bits per heavy atom. The molecule has 1 aliphatic heterocycles. The molecule has 0 spiro atoms. The molecule has 0 unspecified atom stereocenters. The summed E-state index contributed by atoms with van der Waals surface area (Å²) in [7, 11) is 0. The standard InChI is InChI=1S/C22H26N6/c1-22(2,3)19-8-9-20-24-25-21(28(20)26-19)18-10-12-27(13-11-18)15-17-6-4-16(14-23)5-7-17/h4-9,18H,10-13,15H2,1-3H3. The molecule has 0 aliphatic carbocycles. The summed E-state index contributed by atoms with van der Waals surface area (Å²) in [4.78, 5) is 2.47. The summed E-state index contributed by atoms with van der Waals surface area (Å²) < 4.78 is 1.95. The molecule has 1 fully saturated rings. The second kappa shape index (κ2) is 7.33. The van der Waals surface area contributed by atoms with Gasteiger partial charge < -0.3 is 0 Å². The van der Waals surface area contributed by atoms with Gasteiger partial charge in [-0.2, -0.15) is 14.9 Å². The highest BCUT2D eigenvalue weighted by molar-refractivity contribution is 5.38. The number of likely N-dealkylation sites (tertiary alicyclic amines) is 1. The van der Waals surface area contributed by atoms with E-state index in [1.54, 1.807) is 0 Å². The zero-order valence-electron chi connectivity index (χ0n) is 16.8. The maximum absolute atomic E-state index is 8.93. The third kappa shape index (κ3) is 3.76. The SMILES string of the molecule is CC(C)(C)c1ccc2nnc(C3CCN(Cc4ccc(C#N)cc4)CC3)n2n1. The predicted molar refractivity (Wildman–Crippen MR) is 108 cm³/mol. The Morgan fingerprint density at radius 1 is 1.04 bits per heavy atom. The van der Waals surface area contributed by atoms with Crippen LogP contribution >= 0.6 is 0 Å². The van der Waals surface area contributed by atoms with Gasteiger partial charge in [-0.1, -0.05) is 32.9 Å². The highest BCUT2D eigenvalue weighted by Gasteiger charge is 2.26. The minimum absolute atomic E-state index is 0.000187. The molecule has 3 aromatic rings. The first-order valence-corrected chi connectivity index (χ1v) is 9.88. The molecule has 0 bridgehead atoms. The number of nitrogens with zero attached hydrogens (tertiary/aromatic N) is 6. The molecule has 0 radical (unpaired) electrons. The quantitative estimate of drug-likeness (QED) is 0.699. The lowest BCUT2D eigenvalue weighted by molar-refractivity contribution is 0.201. The highest BCUT2D eigenvalue weighted by Crippen LogP contribution is 2.28. The van der Waals surface area contributed by atoms with Gasteiger partial charge in [0, 0.05) is 17.9 Å². The van der Waals surface area contributed by atoms with Crippen LogP contribution in [-0.2, 0) is 12.0 Å². The first-order chi connectivity index (χ1) is 13.4. The van der Waals surface area contributed by atoms with Gasteiger partial charge in [0.25, 0.3) is 0 Å². The van der Waals surface area contributed by atoms with Gasteiger partial charge in [0.15, 0.2) is 11.5 Å². The minimum atomic E-state index is 0.000187. The van der Waals surface area contributed by atoms with Gasteiger partial charge in [-0.15, -0.1) is 10.2 Å². The van der Waals surface area contributed by atoms with Crippen molar-refractivity contribution in [3.8, 4) is 6.07 Å². The molecule has 6 nitrogen and oxygen atoms in total. The average molecular weight is 374 g/mol. The fraction of sp³-hybridized carbons (Fsp3) is 0.455. The minimum Gasteiger partial charge on any atom is -0.299 e. The molecule has 144 valence electrons. The van der Waals surface area contributed by atoms with Crippen LogP contribution < -0.4 is 0 Å². The topological polar surface area (TPSA) is 70.1 Å². The largest absolute Gasteiger partial charge is 0.299 e. The van der Waals surface area contributed by atoms with Crippen LogP contribution in [0.1, 0.15) is 62.2 Å². The molecule has 2 aromatic heterocycles. The van der Waals surface area contributed by atoms with Gasteiger partial charge in [0.05, 0.1) is 17.3 Å². The molecule has 4 rings (SSSR count). The van der Waals surface area contributed by atoms with Crippen LogP contribution in [0, 0.1) is 11.3 Å². The molecule has 0 atom stereocenters. The van der Waals surface area contributed by atoms with Crippen LogP contribution in [-0.4, -0.2) is 37.8 Å². The van der Waals surface area contributed by atoms with Crippen LogP contribution in [0.2, 0.25) is 0 Å². The molecule has 3 heterocycles. The van der Waals surface area contributed by atoms with E-state index in [4.69, 9.17) is 10.4 Å². The Labute approximate surface area is 165 Å². The maximum atomic E-state index is 8.93. The maximum Gasteiger partial charge on any atom is 0.177 e. The van der Waals surface area contributed by atoms with E-state index in [2.05, 4.69) is 54.1 Å². The van der Waals surface area contributed by atoms with Gasteiger partial charge >= 0.3 is 0 Å². The van der Waals surface area contributed by atoms with E-state index in [0.29, 0.717) is 11.5 Å². The lowest BCUT2D eigenvalue weighted by atomic mass is 9.92.